The third-order valence-electron chi connectivity index (χ3n) is 6.64. The number of sulfonamides is 1. The van der Waals surface area contributed by atoms with E-state index in [2.05, 4.69) is 25.3 Å². The average Bonchev–Trinajstić information content (AvgIpc) is 3.02. The lowest BCUT2D eigenvalue weighted by molar-refractivity contribution is -0.140. The van der Waals surface area contributed by atoms with Crippen LogP contribution in [0.3, 0.4) is 0 Å². The molecule has 4 N–H and O–H groups in total. The Morgan fingerprint density at radius 2 is 1.82 bits per heavy atom. The summed E-state index contributed by atoms with van der Waals surface area (Å²) in [7, 11) is -0.949. The van der Waals surface area contributed by atoms with Crippen LogP contribution in [0.2, 0.25) is 0 Å². The van der Waals surface area contributed by atoms with Gasteiger partial charge in [-0.15, -0.1) is 0 Å². The number of nitrogens with zero attached hydrogens (tertiary/aromatic N) is 3. The van der Waals surface area contributed by atoms with Gasteiger partial charge in [0, 0.05) is 30.8 Å². The van der Waals surface area contributed by atoms with Crippen molar-refractivity contribution in [2.75, 3.05) is 71.3 Å². The summed E-state index contributed by atoms with van der Waals surface area (Å²) in [5.41, 5.74) is 8.00. The fourth-order valence-electron chi connectivity index (χ4n) is 4.38. The number of hydrogen-bond donors (Lipinski definition) is 3. The van der Waals surface area contributed by atoms with Crippen molar-refractivity contribution in [2.45, 2.75) is 17.9 Å². The average molecular weight is 629 g/mol. The predicted molar refractivity (Wildman–Crippen MR) is 162 cm³/mol. The van der Waals surface area contributed by atoms with E-state index in [1.165, 1.54) is 29.7 Å². The van der Waals surface area contributed by atoms with Gasteiger partial charge in [0.2, 0.25) is 10.0 Å². The molecule has 2 aliphatic rings. The Labute approximate surface area is 255 Å². The second-order valence-electron chi connectivity index (χ2n) is 9.60. The summed E-state index contributed by atoms with van der Waals surface area (Å²) in [6, 6.07) is 11.3. The molecule has 5 rings (SSSR count). The smallest absolute Gasteiger partial charge is 0.306 e. The number of esters is 1. The number of carbonyl (C=O) groups is 2. The molecule has 0 saturated carbocycles. The number of rotatable bonds is 5. The Hall–Kier alpha value is -4.15. The third kappa shape index (κ3) is 8.27. The fraction of sp³-hybridized carbons (Fsp3) is 0.379. The van der Waals surface area contributed by atoms with E-state index in [0.717, 1.165) is 5.56 Å². The van der Waals surface area contributed by atoms with Gasteiger partial charge in [0.1, 0.15) is 12.4 Å². The van der Waals surface area contributed by atoms with Crippen LogP contribution in [0, 0.1) is 0 Å². The lowest BCUT2D eigenvalue weighted by Crippen LogP contribution is -2.36. The summed E-state index contributed by atoms with van der Waals surface area (Å²) in [6.07, 6.45) is 1.28. The van der Waals surface area contributed by atoms with E-state index in [9.17, 15) is 18.0 Å². The number of nitrogens with two attached hydrogens (primary N) is 1. The normalized spacial score (nSPS) is 16.5. The molecule has 2 aliphatic heterocycles. The molecule has 0 spiro atoms. The van der Waals surface area contributed by atoms with Gasteiger partial charge in [-0.05, 0) is 25.2 Å². The highest BCUT2D eigenvalue weighted by atomic mass is 32.2. The van der Waals surface area contributed by atoms with Crippen molar-refractivity contribution in [1.29, 1.82) is 0 Å². The molecule has 44 heavy (non-hydrogen) atoms. The number of hydrogen-bond acceptors (Lipinski definition) is 12. The molecular weight excluding hydrogens is 592 g/mol. The summed E-state index contributed by atoms with van der Waals surface area (Å²) in [4.78, 5) is 33.7. The number of anilines is 2. The van der Waals surface area contributed by atoms with Crippen molar-refractivity contribution < 1.29 is 37.0 Å². The van der Waals surface area contributed by atoms with E-state index in [-0.39, 0.29) is 69.0 Å². The van der Waals surface area contributed by atoms with Crippen LogP contribution < -0.4 is 21.1 Å². The van der Waals surface area contributed by atoms with Gasteiger partial charge >= 0.3 is 5.97 Å². The van der Waals surface area contributed by atoms with E-state index in [1.54, 1.807) is 31.3 Å². The predicted octanol–water partition coefficient (Wildman–Crippen LogP) is 1.68. The minimum absolute atomic E-state index is 0.00643. The molecule has 3 heterocycles. The molecule has 2 aromatic carbocycles. The highest BCUT2D eigenvalue weighted by Crippen LogP contribution is 2.30. The van der Waals surface area contributed by atoms with E-state index in [4.69, 9.17) is 19.9 Å². The number of benzene rings is 2. The molecule has 3 aromatic rings. The molecular formula is C29H36N6O8S. The molecule has 4 bridgehead atoms. The number of para-hydroxylation sites is 1. The first-order valence-electron chi connectivity index (χ1n) is 13.9. The topological polar surface area (TPSA) is 184 Å². The molecule has 0 fully saturated rings. The maximum Gasteiger partial charge on any atom is 0.306 e. The first-order chi connectivity index (χ1) is 21.2. The first-order valence-corrected chi connectivity index (χ1v) is 15.3. The van der Waals surface area contributed by atoms with Gasteiger partial charge in [-0.1, -0.05) is 24.3 Å². The number of nitrogens with one attached hydrogen (secondary N) is 2. The van der Waals surface area contributed by atoms with Crippen LogP contribution in [-0.4, -0.2) is 94.8 Å². The summed E-state index contributed by atoms with van der Waals surface area (Å²) in [5.74, 6) is -0.735. The monoisotopic (exact) mass is 628 g/mol. The second-order valence-corrected chi connectivity index (χ2v) is 11.5. The van der Waals surface area contributed by atoms with Crippen LogP contribution >= 0.6 is 0 Å². The number of amides is 1. The number of nitrogen functional groups attached to an aromatic ring is 1. The van der Waals surface area contributed by atoms with Gasteiger partial charge in [0.05, 0.1) is 62.4 Å². The minimum Gasteiger partial charge on any atom is -0.489 e. The summed E-state index contributed by atoms with van der Waals surface area (Å²) in [5, 5.41) is 5.91. The molecule has 1 amide bonds. The number of methoxy groups -OCH3 is 1. The quantitative estimate of drug-likeness (QED) is 0.275. The van der Waals surface area contributed by atoms with E-state index in [0.29, 0.717) is 29.2 Å². The van der Waals surface area contributed by atoms with Crippen LogP contribution in [0.1, 0.15) is 22.5 Å². The fourth-order valence-corrected chi connectivity index (χ4v) is 5.80. The zero-order chi connectivity index (χ0) is 31.5. The Bertz CT molecular complexity index is 1550. The Morgan fingerprint density at radius 1 is 1.09 bits per heavy atom. The molecule has 1 aromatic heterocycles. The molecule has 0 aliphatic carbocycles. The standard InChI is InChI=1S/C29H36N6O8S/c1-31-18-21-4-3-5-23-27(21)43-17-16-42-15-14-41-13-12-35(11-10-25(36)40-2)44(38,39)22-8-6-20(7-9-22)24-19-32-28(30)26(33-24)29(37)34-23/h3-9,19,31H,10-18H2,1-2H3,(H2,30,32)(H,34,37). The van der Waals surface area contributed by atoms with Crippen molar-refractivity contribution >= 4 is 33.4 Å². The molecule has 0 radical (unpaired) electrons. The van der Waals surface area contributed by atoms with Crippen LogP contribution in [0.25, 0.3) is 11.3 Å². The Kier molecular flexibility index (Phi) is 11.6. The number of ether oxygens (including phenoxy) is 4. The van der Waals surface area contributed by atoms with Crippen molar-refractivity contribution in [1.82, 2.24) is 19.6 Å². The van der Waals surface area contributed by atoms with Crippen molar-refractivity contribution in [3.8, 4) is 17.0 Å². The Balaban J connectivity index is 1.67. The number of aromatic nitrogens is 2. The Morgan fingerprint density at radius 3 is 2.55 bits per heavy atom. The van der Waals surface area contributed by atoms with Gasteiger partial charge in [-0.3, -0.25) is 9.59 Å². The van der Waals surface area contributed by atoms with Gasteiger partial charge in [-0.2, -0.15) is 4.31 Å². The van der Waals surface area contributed by atoms with Crippen LogP contribution in [0.4, 0.5) is 11.5 Å². The lowest BCUT2D eigenvalue weighted by atomic mass is 10.1. The van der Waals surface area contributed by atoms with Crippen molar-refractivity contribution in [2.24, 2.45) is 0 Å². The third-order valence-corrected chi connectivity index (χ3v) is 8.55. The van der Waals surface area contributed by atoms with Crippen LogP contribution in [0.15, 0.2) is 53.6 Å². The van der Waals surface area contributed by atoms with Gasteiger partial charge in [0.25, 0.3) is 5.91 Å². The van der Waals surface area contributed by atoms with Crippen molar-refractivity contribution in [3.63, 3.8) is 0 Å². The SMILES string of the molecule is CNCc1cccc2c1OCCOCCOCCN(CCC(=O)OC)S(=O)(=O)c1ccc(cc1)-c1cnc(N)c(n1)C(=O)N2. The largest absolute Gasteiger partial charge is 0.489 e. The van der Waals surface area contributed by atoms with Gasteiger partial charge < -0.3 is 35.3 Å². The van der Waals surface area contributed by atoms with Crippen molar-refractivity contribution in [3.05, 3.63) is 59.9 Å². The van der Waals surface area contributed by atoms with Crippen LogP contribution in [0.5, 0.6) is 5.75 Å². The molecule has 0 atom stereocenters. The number of fused-ring (bicyclic) bond motifs is 13. The summed E-state index contributed by atoms with van der Waals surface area (Å²) < 4.78 is 50.1. The molecule has 0 saturated heterocycles. The molecule has 14 nitrogen and oxygen atoms in total. The second kappa shape index (κ2) is 15.5. The van der Waals surface area contributed by atoms with E-state index in [1.807, 2.05) is 6.07 Å². The molecule has 15 heteroatoms. The van der Waals surface area contributed by atoms with Crippen LogP contribution in [-0.2, 0) is 35.6 Å². The highest BCUT2D eigenvalue weighted by molar-refractivity contribution is 7.89. The van der Waals surface area contributed by atoms with E-state index < -0.39 is 21.9 Å². The molecule has 0 unspecified atom stereocenters. The van der Waals surface area contributed by atoms with E-state index >= 15 is 0 Å². The highest BCUT2D eigenvalue weighted by Gasteiger charge is 2.26. The van der Waals surface area contributed by atoms with Gasteiger partial charge in [0.15, 0.2) is 11.5 Å². The maximum atomic E-state index is 13.5. The van der Waals surface area contributed by atoms with Gasteiger partial charge in [-0.25, -0.2) is 18.4 Å². The first kappa shape index (κ1) is 32.8. The zero-order valence-electron chi connectivity index (χ0n) is 24.6. The molecule has 236 valence electrons. The lowest BCUT2D eigenvalue weighted by Gasteiger charge is -2.22. The number of carbonyl (C=O) groups excluding carboxylic acids is 2. The summed E-state index contributed by atoms with van der Waals surface area (Å²) in [6.45, 7) is 1.39. The summed E-state index contributed by atoms with van der Waals surface area (Å²) >= 11 is 0. The zero-order valence-corrected chi connectivity index (χ0v) is 25.4. The minimum atomic E-state index is -4.00. The maximum absolute atomic E-state index is 13.5.